The number of hydrogen-bond donors (Lipinski definition) is 1. The van der Waals surface area contributed by atoms with E-state index in [1.807, 2.05) is 6.92 Å². The van der Waals surface area contributed by atoms with Crippen LogP contribution in [0.1, 0.15) is 18.1 Å². The summed E-state index contributed by atoms with van der Waals surface area (Å²) in [4.78, 5) is 0. The lowest BCUT2D eigenvalue weighted by atomic mass is 10.1. The minimum Gasteiger partial charge on any atom is -0.327 e. The first-order valence-electron chi connectivity index (χ1n) is 4.53. The zero-order chi connectivity index (χ0) is 10.6. The highest BCUT2D eigenvalue weighted by atomic mass is 19.1. The maximum absolute atomic E-state index is 13.2. The number of hydrogen-bond acceptors (Lipinski definition) is 1. The Labute approximate surface area is 82.2 Å². The van der Waals surface area contributed by atoms with E-state index in [-0.39, 0.29) is 0 Å². The van der Waals surface area contributed by atoms with Crippen molar-refractivity contribution in [1.82, 2.24) is 0 Å². The van der Waals surface area contributed by atoms with E-state index in [4.69, 9.17) is 5.73 Å². The smallest absolute Gasteiger partial charge is 0.133 e. The standard InChI is InChI=1S/C11H13F2N/c1-2-8-6-9(4-3-5-14)11(13)7-10(8)12/h3-4,6-7H,2,5,14H2,1H3/b4-3+. The molecule has 0 fully saturated rings. The summed E-state index contributed by atoms with van der Waals surface area (Å²) in [5, 5.41) is 0. The van der Waals surface area contributed by atoms with E-state index in [1.54, 1.807) is 12.2 Å². The summed E-state index contributed by atoms with van der Waals surface area (Å²) in [6.07, 6.45) is 3.75. The lowest BCUT2D eigenvalue weighted by Gasteiger charge is -2.03. The Morgan fingerprint density at radius 3 is 2.57 bits per heavy atom. The maximum Gasteiger partial charge on any atom is 0.133 e. The van der Waals surface area contributed by atoms with Gasteiger partial charge in [-0.05, 0) is 18.1 Å². The number of benzene rings is 1. The van der Waals surface area contributed by atoms with Gasteiger partial charge in [-0.3, -0.25) is 0 Å². The number of halogens is 2. The summed E-state index contributed by atoms with van der Waals surface area (Å²) < 4.78 is 26.2. The lowest BCUT2D eigenvalue weighted by molar-refractivity contribution is 0.572. The van der Waals surface area contributed by atoms with Crippen molar-refractivity contribution in [2.75, 3.05) is 6.54 Å². The van der Waals surface area contributed by atoms with Crippen LogP contribution in [0.5, 0.6) is 0 Å². The molecule has 0 aliphatic carbocycles. The molecule has 2 N–H and O–H groups in total. The first kappa shape index (κ1) is 10.9. The van der Waals surface area contributed by atoms with Crippen LogP contribution in [0.2, 0.25) is 0 Å². The molecular weight excluding hydrogens is 184 g/mol. The van der Waals surface area contributed by atoms with Gasteiger partial charge < -0.3 is 5.73 Å². The normalized spacial score (nSPS) is 11.1. The van der Waals surface area contributed by atoms with Crippen LogP contribution in [0.3, 0.4) is 0 Å². The van der Waals surface area contributed by atoms with Crippen molar-refractivity contribution in [2.45, 2.75) is 13.3 Å². The second-order valence-corrected chi connectivity index (χ2v) is 2.96. The van der Waals surface area contributed by atoms with E-state index >= 15 is 0 Å². The van der Waals surface area contributed by atoms with Gasteiger partial charge in [-0.1, -0.05) is 19.1 Å². The van der Waals surface area contributed by atoms with Gasteiger partial charge in [0.25, 0.3) is 0 Å². The average molecular weight is 197 g/mol. The molecular formula is C11H13F2N. The van der Waals surface area contributed by atoms with Crippen LogP contribution in [0.25, 0.3) is 6.08 Å². The molecule has 0 atom stereocenters. The first-order valence-corrected chi connectivity index (χ1v) is 4.53. The summed E-state index contributed by atoms with van der Waals surface area (Å²) >= 11 is 0. The van der Waals surface area contributed by atoms with Gasteiger partial charge in [0.05, 0.1) is 0 Å². The molecule has 14 heavy (non-hydrogen) atoms. The van der Waals surface area contributed by atoms with Crippen molar-refractivity contribution < 1.29 is 8.78 Å². The summed E-state index contributed by atoms with van der Waals surface area (Å²) in [5.41, 5.74) is 6.14. The zero-order valence-electron chi connectivity index (χ0n) is 8.06. The zero-order valence-corrected chi connectivity index (χ0v) is 8.06. The minimum absolute atomic E-state index is 0.346. The largest absolute Gasteiger partial charge is 0.327 e. The monoisotopic (exact) mass is 197 g/mol. The van der Waals surface area contributed by atoms with Crippen LogP contribution in [0.4, 0.5) is 8.78 Å². The van der Waals surface area contributed by atoms with Crippen molar-refractivity contribution in [3.63, 3.8) is 0 Å². The van der Waals surface area contributed by atoms with E-state index in [9.17, 15) is 8.78 Å². The average Bonchev–Trinajstić information content (AvgIpc) is 2.17. The van der Waals surface area contributed by atoms with E-state index in [2.05, 4.69) is 0 Å². The van der Waals surface area contributed by atoms with Gasteiger partial charge >= 0.3 is 0 Å². The van der Waals surface area contributed by atoms with Crippen LogP contribution in [0.15, 0.2) is 18.2 Å². The molecule has 0 heterocycles. The van der Waals surface area contributed by atoms with E-state index < -0.39 is 11.6 Å². The third kappa shape index (κ3) is 2.39. The van der Waals surface area contributed by atoms with Crippen molar-refractivity contribution in [3.8, 4) is 0 Å². The Kier molecular flexibility index (Phi) is 3.77. The molecule has 1 aromatic rings. The van der Waals surface area contributed by atoms with Gasteiger partial charge in [-0.2, -0.15) is 0 Å². The molecule has 1 rings (SSSR count). The number of nitrogens with two attached hydrogens (primary N) is 1. The second-order valence-electron chi connectivity index (χ2n) is 2.96. The van der Waals surface area contributed by atoms with E-state index in [0.717, 1.165) is 6.07 Å². The Bertz CT molecular complexity index is 345. The molecule has 0 radical (unpaired) electrons. The molecule has 3 heteroatoms. The number of aryl methyl sites for hydroxylation is 1. The molecule has 0 saturated carbocycles. The predicted molar refractivity (Wildman–Crippen MR) is 53.8 cm³/mol. The van der Waals surface area contributed by atoms with Crippen LogP contribution in [-0.2, 0) is 6.42 Å². The molecule has 0 saturated heterocycles. The molecule has 0 aliphatic heterocycles. The van der Waals surface area contributed by atoms with Crippen molar-refractivity contribution in [2.24, 2.45) is 5.73 Å². The minimum atomic E-state index is -0.551. The highest BCUT2D eigenvalue weighted by Gasteiger charge is 2.05. The molecule has 0 bridgehead atoms. The molecule has 76 valence electrons. The van der Waals surface area contributed by atoms with Gasteiger partial charge in [-0.15, -0.1) is 0 Å². The van der Waals surface area contributed by atoms with Crippen molar-refractivity contribution >= 4 is 6.08 Å². The Hall–Kier alpha value is -1.22. The lowest BCUT2D eigenvalue weighted by Crippen LogP contribution is -1.95. The Morgan fingerprint density at radius 1 is 1.29 bits per heavy atom. The third-order valence-electron chi connectivity index (χ3n) is 1.98. The maximum atomic E-state index is 13.2. The van der Waals surface area contributed by atoms with Gasteiger partial charge in [0.2, 0.25) is 0 Å². The quantitative estimate of drug-likeness (QED) is 0.791. The molecule has 1 nitrogen and oxygen atoms in total. The van der Waals surface area contributed by atoms with Gasteiger partial charge in [0.1, 0.15) is 11.6 Å². The molecule has 0 aromatic heterocycles. The molecule has 0 amide bonds. The first-order chi connectivity index (χ1) is 6.69. The van der Waals surface area contributed by atoms with Crippen LogP contribution >= 0.6 is 0 Å². The summed E-state index contributed by atoms with van der Waals surface area (Å²) in [6, 6.07) is 2.42. The van der Waals surface area contributed by atoms with Crippen molar-refractivity contribution in [1.29, 1.82) is 0 Å². The van der Waals surface area contributed by atoms with Crippen LogP contribution < -0.4 is 5.73 Å². The predicted octanol–water partition coefficient (Wildman–Crippen LogP) is 2.50. The molecule has 0 unspecified atom stereocenters. The van der Waals surface area contributed by atoms with Gasteiger partial charge in [-0.25, -0.2) is 8.78 Å². The fourth-order valence-electron chi connectivity index (χ4n) is 1.21. The third-order valence-corrected chi connectivity index (χ3v) is 1.98. The fraction of sp³-hybridized carbons (Fsp3) is 0.273. The topological polar surface area (TPSA) is 26.0 Å². The highest BCUT2D eigenvalue weighted by molar-refractivity contribution is 5.51. The molecule has 1 aromatic carbocycles. The van der Waals surface area contributed by atoms with Crippen LogP contribution in [-0.4, -0.2) is 6.54 Å². The molecule has 0 spiro atoms. The summed E-state index contributed by atoms with van der Waals surface area (Å²) in [6.45, 7) is 2.17. The summed E-state index contributed by atoms with van der Waals surface area (Å²) in [7, 11) is 0. The molecule has 0 aliphatic rings. The van der Waals surface area contributed by atoms with Gasteiger partial charge in [0.15, 0.2) is 0 Å². The van der Waals surface area contributed by atoms with E-state index in [1.165, 1.54) is 6.07 Å². The summed E-state index contributed by atoms with van der Waals surface area (Å²) in [5.74, 6) is -1.04. The fourth-order valence-corrected chi connectivity index (χ4v) is 1.21. The van der Waals surface area contributed by atoms with E-state index in [0.29, 0.717) is 24.1 Å². The second kappa shape index (κ2) is 4.86. The highest BCUT2D eigenvalue weighted by Crippen LogP contribution is 2.16. The SMILES string of the molecule is CCc1cc(/C=C/CN)c(F)cc1F. The van der Waals surface area contributed by atoms with Gasteiger partial charge in [0, 0.05) is 18.2 Å². The Morgan fingerprint density at radius 2 is 2.00 bits per heavy atom. The van der Waals surface area contributed by atoms with Crippen LogP contribution in [0, 0.1) is 11.6 Å². The number of rotatable bonds is 3. The Balaban J connectivity index is 3.10. The van der Waals surface area contributed by atoms with Crippen molar-refractivity contribution in [3.05, 3.63) is 41.0 Å².